The number of ether oxygens (including phenoxy) is 1. The molecule has 278 valence electrons. The molecule has 0 bridgehead atoms. The third-order valence-electron chi connectivity index (χ3n) is 9.90. The molecule has 0 unspecified atom stereocenters. The Kier molecular flexibility index (Phi) is 12.0. The van der Waals surface area contributed by atoms with Gasteiger partial charge in [0.05, 0.1) is 11.5 Å². The van der Waals surface area contributed by atoms with E-state index in [1.165, 1.54) is 32.5 Å². The lowest BCUT2D eigenvalue weighted by Crippen LogP contribution is -2.37. The number of H-pyrrole nitrogens is 2. The second-order valence-corrected chi connectivity index (χ2v) is 17.4. The number of sulfonamides is 2. The van der Waals surface area contributed by atoms with E-state index in [2.05, 4.69) is 24.7 Å². The standard InChI is InChI=1S/C23H27N3O4S.C15H21N3O2S/c1-24-31(28,29)16-18-9-10-22-21(12-18)19(14-25-22)13-20-8-5-11-26(20)23(27)30-15-17-6-3-2-4-7-17;1-16-21(19,20)10-11-4-5-15-14(7-11)12(9-18-15)8-13-3-2-6-17-13/h2-4,6-7,9-10,12,14,20,24-25H,5,8,11,13,15-16H2,1H3;4-5,7,9,13,16-18H,2-3,6,8,10H2,1H3/t20-;13-/m11/s1. The first-order valence-electron chi connectivity index (χ1n) is 17.7. The maximum Gasteiger partial charge on any atom is 0.410 e. The van der Waals surface area contributed by atoms with E-state index in [0.717, 1.165) is 69.9 Å². The van der Waals surface area contributed by atoms with Gasteiger partial charge in [-0.2, -0.15) is 0 Å². The third kappa shape index (κ3) is 9.61. The molecule has 2 aliphatic heterocycles. The number of hydrogen-bond donors (Lipinski definition) is 5. The van der Waals surface area contributed by atoms with Crippen molar-refractivity contribution < 1.29 is 26.4 Å². The van der Waals surface area contributed by atoms with E-state index in [4.69, 9.17) is 4.74 Å². The number of aromatic amines is 2. The third-order valence-corrected chi connectivity index (χ3v) is 12.6. The van der Waals surface area contributed by atoms with Crippen molar-refractivity contribution in [1.29, 1.82) is 0 Å². The summed E-state index contributed by atoms with van der Waals surface area (Å²) >= 11 is 0. The number of carbonyl (C=O) groups is 1. The highest BCUT2D eigenvalue weighted by atomic mass is 32.2. The fourth-order valence-electron chi connectivity index (χ4n) is 7.09. The number of hydrogen-bond acceptors (Lipinski definition) is 7. The zero-order valence-corrected chi connectivity index (χ0v) is 31.3. The molecule has 7 rings (SSSR count). The molecule has 0 spiro atoms. The smallest absolute Gasteiger partial charge is 0.410 e. The summed E-state index contributed by atoms with van der Waals surface area (Å²) in [6, 6.07) is 21.7. The van der Waals surface area contributed by atoms with Crippen LogP contribution in [0.15, 0.2) is 79.1 Å². The molecule has 5 N–H and O–H groups in total. The van der Waals surface area contributed by atoms with Crippen LogP contribution in [0.2, 0.25) is 0 Å². The summed E-state index contributed by atoms with van der Waals surface area (Å²) in [6.45, 7) is 2.05. The number of rotatable bonds is 12. The number of amides is 1. The van der Waals surface area contributed by atoms with Gasteiger partial charge in [-0.15, -0.1) is 0 Å². The predicted molar refractivity (Wildman–Crippen MR) is 205 cm³/mol. The van der Waals surface area contributed by atoms with Gasteiger partial charge in [-0.25, -0.2) is 31.1 Å². The van der Waals surface area contributed by atoms with Crippen molar-refractivity contribution in [1.82, 2.24) is 29.6 Å². The van der Waals surface area contributed by atoms with Gasteiger partial charge in [-0.3, -0.25) is 0 Å². The molecule has 4 heterocycles. The minimum Gasteiger partial charge on any atom is -0.445 e. The Morgan fingerprint density at radius 2 is 1.37 bits per heavy atom. The van der Waals surface area contributed by atoms with Crippen LogP contribution < -0.4 is 14.8 Å². The Labute approximate surface area is 305 Å². The van der Waals surface area contributed by atoms with E-state index in [1.807, 2.05) is 84.0 Å². The molecule has 0 aliphatic carbocycles. The van der Waals surface area contributed by atoms with Gasteiger partial charge in [-0.05, 0) is 111 Å². The molecule has 2 aliphatic rings. The highest BCUT2D eigenvalue weighted by Crippen LogP contribution is 2.28. The maximum absolute atomic E-state index is 12.7. The molecule has 2 saturated heterocycles. The Morgan fingerprint density at radius 1 is 0.769 bits per heavy atom. The summed E-state index contributed by atoms with van der Waals surface area (Å²) in [4.78, 5) is 21.0. The molecule has 0 radical (unpaired) electrons. The largest absolute Gasteiger partial charge is 0.445 e. The molecule has 52 heavy (non-hydrogen) atoms. The summed E-state index contributed by atoms with van der Waals surface area (Å²) in [6.07, 6.45) is 9.70. The van der Waals surface area contributed by atoms with Crippen molar-refractivity contribution in [2.45, 2.75) is 68.7 Å². The summed E-state index contributed by atoms with van der Waals surface area (Å²) in [7, 11) is -3.71. The minimum absolute atomic E-state index is 0.0196. The molecular weight excluding hydrogens is 701 g/mol. The second kappa shape index (κ2) is 16.6. The van der Waals surface area contributed by atoms with Gasteiger partial charge >= 0.3 is 6.09 Å². The zero-order valence-electron chi connectivity index (χ0n) is 29.7. The van der Waals surface area contributed by atoms with Gasteiger partial charge in [-0.1, -0.05) is 42.5 Å². The molecular formula is C38H48N6O6S2. The molecule has 2 fully saturated rings. The Bertz CT molecular complexity index is 2190. The van der Waals surface area contributed by atoms with Crippen LogP contribution >= 0.6 is 0 Å². The number of nitrogens with zero attached hydrogens (tertiary/aromatic N) is 1. The van der Waals surface area contributed by atoms with Crippen LogP contribution in [-0.2, 0) is 55.7 Å². The number of likely N-dealkylation sites (tertiary alicyclic amines) is 1. The average Bonchev–Trinajstić information content (AvgIpc) is 3.97. The quantitative estimate of drug-likeness (QED) is 0.119. The average molecular weight is 749 g/mol. The first-order chi connectivity index (χ1) is 25.0. The van der Waals surface area contributed by atoms with Gasteiger partial charge in [0.1, 0.15) is 6.61 Å². The lowest BCUT2D eigenvalue weighted by molar-refractivity contribution is 0.0921. The molecule has 2 aromatic heterocycles. The second-order valence-electron chi connectivity index (χ2n) is 13.5. The number of benzene rings is 3. The van der Waals surface area contributed by atoms with Crippen LogP contribution in [0.3, 0.4) is 0 Å². The highest BCUT2D eigenvalue weighted by molar-refractivity contribution is 7.88. The Morgan fingerprint density at radius 3 is 1.92 bits per heavy atom. The van der Waals surface area contributed by atoms with E-state index in [0.29, 0.717) is 19.0 Å². The van der Waals surface area contributed by atoms with Crippen molar-refractivity contribution in [3.63, 3.8) is 0 Å². The summed E-state index contributed by atoms with van der Waals surface area (Å²) in [5.74, 6) is -0.0445. The van der Waals surface area contributed by atoms with Gasteiger partial charge in [0, 0.05) is 52.8 Å². The fourth-order valence-corrected chi connectivity index (χ4v) is 8.62. The molecule has 12 nitrogen and oxygen atoms in total. The summed E-state index contributed by atoms with van der Waals surface area (Å²) < 4.78 is 57.4. The van der Waals surface area contributed by atoms with Crippen molar-refractivity contribution >= 4 is 47.9 Å². The van der Waals surface area contributed by atoms with Gasteiger partial charge in [0.25, 0.3) is 0 Å². The highest BCUT2D eigenvalue weighted by Gasteiger charge is 2.30. The summed E-state index contributed by atoms with van der Waals surface area (Å²) in [5, 5.41) is 5.63. The first kappa shape index (κ1) is 37.5. The number of nitrogens with one attached hydrogen (secondary N) is 5. The molecule has 3 aromatic carbocycles. The van der Waals surface area contributed by atoms with Crippen LogP contribution in [0.25, 0.3) is 21.8 Å². The SMILES string of the molecule is CNS(=O)(=O)Cc1ccc2[nH]cc(C[C@H]3CCCN3)c2c1.CNS(=O)(=O)Cc1ccc2[nH]cc(C[C@H]3CCCN3C(=O)OCc3ccccc3)c2c1. The Hall–Kier alpha value is -4.21. The molecule has 0 saturated carbocycles. The van der Waals surface area contributed by atoms with Crippen LogP contribution in [0.4, 0.5) is 4.79 Å². The van der Waals surface area contributed by atoms with Crippen LogP contribution in [0, 0.1) is 0 Å². The van der Waals surface area contributed by atoms with Crippen molar-refractivity contribution in [2.24, 2.45) is 0 Å². The van der Waals surface area contributed by atoms with E-state index in [-0.39, 0.29) is 30.2 Å². The maximum atomic E-state index is 12.7. The summed E-state index contributed by atoms with van der Waals surface area (Å²) in [5.41, 5.74) is 6.86. The van der Waals surface area contributed by atoms with Crippen molar-refractivity contribution in [2.75, 3.05) is 27.2 Å². The molecule has 1 amide bonds. The van der Waals surface area contributed by atoms with Crippen LogP contribution in [0.5, 0.6) is 0 Å². The van der Waals surface area contributed by atoms with Crippen LogP contribution in [0.1, 0.15) is 53.5 Å². The topological polar surface area (TPSA) is 165 Å². The van der Waals surface area contributed by atoms with E-state index in [9.17, 15) is 21.6 Å². The fraction of sp³-hybridized carbons (Fsp3) is 0.395. The lowest BCUT2D eigenvalue weighted by Gasteiger charge is -2.24. The molecule has 5 aromatic rings. The van der Waals surface area contributed by atoms with E-state index < -0.39 is 20.0 Å². The predicted octanol–water partition coefficient (Wildman–Crippen LogP) is 5.07. The molecule has 14 heteroatoms. The number of carbonyl (C=O) groups excluding carboxylic acids is 1. The number of fused-ring (bicyclic) bond motifs is 2. The normalized spacial score (nSPS) is 17.8. The van der Waals surface area contributed by atoms with Crippen LogP contribution in [-0.4, -0.2) is 77.1 Å². The zero-order chi connectivity index (χ0) is 36.7. The molecule has 2 atom stereocenters. The van der Waals surface area contributed by atoms with Gasteiger partial charge in [0.2, 0.25) is 20.0 Å². The van der Waals surface area contributed by atoms with E-state index in [1.54, 1.807) is 0 Å². The first-order valence-corrected chi connectivity index (χ1v) is 21.0. The minimum atomic E-state index is -3.34. The van der Waals surface area contributed by atoms with E-state index >= 15 is 0 Å². The lowest BCUT2D eigenvalue weighted by atomic mass is 10.0. The van der Waals surface area contributed by atoms with Crippen molar-refractivity contribution in [3.8, 4) is 0 Å². The van der Waals surface area contributed by atoms with Gasteiger partial charge < -0.3 is 24.9 Å². The van der Waals surface area contributed by atoms with Crippen molar-refractivity contribution in [3.05, 3.63) is 107 Å². The van der Waals surface area contributed by atoms with Gasteiger partial charge in [0.15, 0.2) is 0 Å². The number of aromatic nitrogens is 2. The Balaban J connectivity index is 0.000000192. The monoisotopic (exact) mass is 748 g/mol.